The van der Waals surface area contributed by atoms with Crippen molar-refractivity contribution in [2.75, 3.05) is 0 Å². The second-order valence-electron chi connectivity index (χ2n) is 8.29. The number of hydrogen-bond donors (Lipinski definition) is 2. The molecule has 2 bridgehead atoms. The van der Waals surface area contributed by atoms with E-state index in [1.165, 1.54) is 24.8 Å². The molecule has 2 unspecified atom stereocenters. The molecule has 6 heteroatoms. The molecule has 5 nitrogen and oxygen atoms in total. The predicted molar refractivity (Wildman–Crippen MR) is 111 cm³/mol. The summed E-state index contributed by atoms with van der Waals surface area (Å²) in [6, 6.07) is 8.58. The minimum Gasteiger partial charge on any atom is -0.486 e. The van der Waals surface area contributed by atoms with Crippen LogP contribution in [0.3, 0.4) is 0 Å². The molecule has 2 aliphatic rings. The first-order valence-electron chi connectivity index (χ1n) is 10.2. The molecule has 2 fully saturated rings. The second kappa shape index (κ2) is 8.62. The molecule has 0 spiro atoms. The molecule has 2 aliphatic carbocycles. The summed E-state index contributed by atoms with van der Waals surface area (Å²) in [7, 11) is 0. The van der Waals surface area contributed by atoms with Crippen molar-refractivity contribution in [3.05, 3.63) is 45.9 Å². The SMILES string of the molecule is Cc1ccc(OCc2nc(CC(=O)NC3C4CCCC3CC(N)C4)cs2)cc1. The van der Waals surface area contributed by atoms with E-state index in [2.05, 4.69) is 17.2 Å². The summed E-state index contributed by atoms with van der Waals surface area (Å²) in [6.45, 7) is 2.48. The molecule has 1 amide bonds. The minimum atomic E-state index is 0.0775. The predicted octanol–water partition coefficient (Wildman–Crippen LogP) is 3.60. The standard InChI is InChI=1S/C22H29N3O2S/c1-14-5-7-19(8-6-14)27-12-21-24-18(13-28-21)11-20(26)25-22-15-3-2-4-16(22)10-17(23)9-15/h5-8,13,15-17,22H,2-4,9-12,23H2,1H3,(H,25,26). The van der Waals surface area contributed by atoms with Gasteiger partial charge in [-0.1, -0.05) is 24.1 Å². The number of amides is 1. The third-order valence-corrected chi connectivity index (χ3v) is 6.90. The Kier molecular flexibility index (Phi) is 5.97. The van der Waals surface area contributed by atoms with E-state index in [1.54, 1.807) is 11.3 Å². The summed E-state index contributed by atoms with van der Waals surface area (Å²) in [5.74, 6) is 2.00. The fourth-order valence-corrected chi connectivity index (χ4v) is 5.41. The molecule has 0 aliphatic heterocycles. The van der Waals surface area contributed by atoms with Crippen molar-refractivity contribution in [1.82, 2.24) is 10.3 Å². The van der Waals surface area contributed by atoms with Crippen LogP contribution in [0.2, 0.25) is 0 Å². The van der Waals surface area contributed by atoms with Crippen molar-refractivity contribution in [2.24, 2.45) is 17.6 Å². The zero-order chi connectivity index (χ0) is 19.5. The fraction of sp³-hybridized carbons (Fsp3) is 0.545. The molecule has 1 aromatic heterocycles. The Morgan fingerprint density at radius 1 is 1.25 bits per heavy atom. The number of fused-ring (bicyclic) bond motifs is 2. The molecule has 0 saturated heterocycles. The maximum atomic E-state index is 12.6. The number of nitrogens with zero attached hydrogens (tertiary/aromatic N) is 1. The van der Waals surface area contributed by atoms with Crippen molar-refractivity contribution in [1.29, 1.82) is 0 Å². The Morgan fingerprint density at radius 2 is 1.96 bits per heavy atom. The van der Waals surface area contributed by atoms with Crippen LogP contribution in [0.15, 0.2) is 29.6 Å². The number of ether oxygens (including phenoxy) is 1. The molecule has 2 aromatic rings. The van der Waals surface area contributed by atoms with Crippen LogP contribution in [-0.4, -0.2) is 23.0 Å². The van der Waals surface area contributed by atoms with Crippen LogP contribution in [0.1, 0.15) is 48.4 Å². The van der Waals surface area contributed by atoms with Gasteiger partial charge in [-0.3, -0.25) is 4.79 Å². The van der Waals surface area contributed by atoms with Crippen molar-refractivity contribution in [3.8, 4) is 5.75 Å². The van der Waals surface area contributed by atoms with Gasteiger partial charge in [0.15, 0.2) is 0 Å². The Hall–Kier alpha value is -1.92. The van der Waals surface area contributed by atoms with Crippen LogP contribution < -0.4 is 15.8 Å². The Morgan fingerprint density at radius 3 is 2.68 bits per heavy atom. The number of aryl methyl sites for hydroxylation is 1. The molecule has 28 heavy (non-hydrogen) atoms. The third-order valence-electron chi connectivity index (χ3n) is 6.03. The van der Waals surface area contributed by atoms with Crippen molar-refractivity contribution < 1.29 is 9.53 Å². The number of hydrogen-bond acceptors (Lipinski definition) is 5. The molecule has 2 atom stereocenters. The summed E-state index contributed by atoms with van der Waals surface area (Å²) in [5.41, 5.74) is 8.22. The monoisotopic (exact) mass is 399 g/mol. The van der Waals surface area contributed by atoms with Crippen LogP contribution >= 0.6 is 11.3 Å². The molecule has 0 radical (unpaired) electrons. The number of thiazole rings is 1. The average Bonchev–Trinajstić information content (AvgIpc) is 3.09. The van der Waals surface area contributed by atoms with E-state index in [0.29, 0.717) is 36.9 Å². The maximum absolute atomic E-state index is 12.6. The highest BCUT2D eigenvalue weighted by Crippen LogP contribution is 2.39. The van der Waals surface area contributed by atoms with Gasteiger partial charge in [-0.15, -0.1) is 11.3 Å². The molecule has 1 heterocycles. The molecule has 3 N–H and O–H groups in total. The summed E-state index contributed by atoms with van der Waals surface area (Å²) in [4.78, 5) is 17.2. The van der Waals surface area contributed by atoms with E-state index < -0.39 is 0 Å². The topological polar surface area (TPSA) is 77.2 Å². The Balaban J connectivity index is 1.28. The van der Waals surface area contributed by atoms with E-state index in [1.807, 2.05) is 29.6 Å². The highest BCUT2D eigenvalue weighted by atomic mass is 32.1. The number of nitrogens with one attached hydrogen (secondary N) is 1. The summed E-state index contributed by atoms with van der Waals surface area (Å²) in [6.07, 6.45) is 6.06. The van der Waals surface area contributed by atoms with Gasteiger partial charge in [-0.2, -0.15) is 0 Å². The highest BCUT2D eigenvalue weighted by Gasteiger charge is 2.39. The first-order chi connectivity index (χ1) is 13.6. The highest BCUT2D eigenvalue weighted by molar-refractivity contribution is 7.09. The largest absolute Gasteiger partial charge is 0.486 e. The molecular weight excluding hydrogens is 370 g/mol. The van der Waals surface area contributed by atoms with E-state index in [0.717, 1.165) is 29.3 Å². The lowest BCUT2D eigenvalue weighted by Gasteiger charge is -2.45. The van der Waals surface area contributed by atoms with Gasteiger partial charge >= 0.3 is 0 Å². The van der Waals surface area contributed by atoms with Gasteiger partial charge in [0.25, 0.3) is 0 Å². The minimum absolute atomic E-state index is 0.0775. The lowest BCUT2D eigenvalue weighted by atomic mass is 9.67. The number of aromatic nitrogens is 1. The van der Waals surface area contributed by atoms with Gasteiger partial charge in [0, 0.05) is 17.5 Å². The van der Waals surface area contributed by atoms with Crippen LogP contribution in [0.4, 0.5) is 0 Å². The quantitative estimate of drug-likeness (QED) is 0.778. The molecular formula is C22H29N3O2S. The Bertz CT molecular complexity index is 790. The second-order valence-corrected chi connectivity index (χ2v) is 9.23. The summed E-state index contributed by atoms with van der Waals surface area (Å²) < 4.78 is 5.78. The van der Waals surface area contributed by atoms with Crippen molar-refractivity contribution in [2.45, 2.75) is 64.1 Å². The first kappa shape index (κ1) is 19.4. The van der Waals surface area contributed by atoms with Crippen molar-refractivity contribution in [3.63, 3.8) is 0 Å². The third kappa shape index (κ3) is 4.73. The Labute approximate surface area is 170 Å². The van der Waals surface area contributed by atoms with Crippen LogP contribution in [0.25, 0.3) is 0 Å². The average molecular weight is 400 g/mol. The lowest BCUT2D eigenvalue weighted by Crippen LogP contribution is -2.54. The number of rotatable bonds is 6. The summed E-state index contributed by atoms with van der Waals surface area (Å²) in [5, 5.41) is 6.16. The number of carbonyl (C=O) groups is 1. The number of carbonyl (C=O) groups excluding carboxylic acids is 1. The molecule has 4 rings (SSSR count). The van der Waals surface area contributed by atoms with Crippen LogP contribution in [0, 0.1) is 18.8 Å². The zero-order valence-corrected chi connectivity index (χ0v) is 17.2. The normalized spacial score (nSPS) is 26.6. The molecule has 1 aromatic carbocycles. The van der Waals surface area contributed by atoms with Crippen molar-refractivity contribution >= 4 is 17.2 Å². The number of nitrogens with two attached hydrogens (primary N) is 1. The lowest BCUT2D eigenvalue weighted by molar-refractivity contribution is -0.122. The molecule has 150 valence electrons. The summed E-state index contributed by atoms with van der Waals surface area (Å²) >= 11 is 1.54. The fourth-order valence-electron chi connectivity index (χ4n) is 4.70. The van der Waals surface area contributed by atoms with Crippen LogP contribution in [0.5, 0.6) is 5.75 Å². The van der Waals surface area contributed by atoms with Gasteiger partial charge in [0.1, 0.15) is 17.4 Å². The van der Waals surface area contributed by atoms with Gasteiger partial charge in [0.05, 0.1) is 12.1 Å². The van der Waals surface area contributed by atoms with E-state index in [-0.39, 0.29) is 5.91 Å². The first-order valence-corrected chi connectivity index (χ1v) is 11.1. The number of benzene rings is 1. The van der Waals surface area contributed by atoms with Gasteiger partial charge in [-0.05, 0) is 56.6 Å². The molecule has 2 saturated carbocycles. The van der Waals surface area contributed by atoms with Gasteiger partial charge < -0.3 is 15.8 Å². The van der Waals surface area contributed by atoms with Crippen LogP contribution in [-0.2, 0) is 17.8 Å². The van der Waals surface area contributed by atoms with E-state index in [9.17, 15) is 4.79 Å². The zero-order valence-electron chi connectivity index (χ0n) is 16.4. The smallest absolute Gasteiger partial charge is 0.226 e. The maximum Gasteiger partial charge on any atom is 0.226 e. The van der Waals surface area contributed by atoms with Gasteiger partial charge in [0.2, 0.25) is 5.91 Å². The van der Waals surface area contributed by atoms with E-state index >= 15 is 0 Å². The van der Waals surface area contributed by atoms with Gasteiger partial charge in [-0.25, -0.2) is 4.98 Å². The van der Waals surface area contributed by atoms with E-state index in [4.69, 9.17) is 10.5 Å².